The summed E-state index contributed by atoms with van der Waals surface area (Å²) < 4.78 is 0. The predicted molar refractivity (Wildman–Crippen MR) is 99.8 cm³/mol. The summed E-state index contributed by atoms with van der Waals surface area (Å²) in [6, 6.07) is 9.00. The maximum atomic E-state index is 12.3. The SMILES string of the molecule is C[C@@H]1CCCC[NH+]1CC(=O)Nc1ccc(N2CCCCCC2)cc1. The van der Waals surface area contributed by atoms with Gasteiger partial charge in [0, 0.05) is 24.5 Å². The second-order valence-corrected chi connectivity index (χ2v) is 7.48. The monoisotopic (exact) mass is 330 g/mol. The largest absolute Gasteiger partial charge is 0.372 e. The zero-order chi connectivity index (χ0) is 16.8. The van der Waals surface area contributed by atoms with Crippen molar-refractivity contribution in [3.63, 3.8) is 0 Å². The normalized spacial score (nSPS) is 25.1. The number of hydrogen-bond acceptors (Lipinski definition) is 2. The van der Waals surface area contributed by atoms with Crippen LogP contribution in [0.15, 0.2) is 24.3 Å². The predicted octanol–water partition coefficient (Wildman–Crippen LogP) is 2.46. The van der Waals surface area contributed by atoms with E-state index in [0.717, 1.165) is 25.3 Å². The molecule has 2 N–H and O–H groups in total. The van der Waals surface area contributed by atoms with E-state index < -0.39 is 0 Å². The number of carbonyl (C=O) groups is 1. The molecular weight excluding hydrogens is 298 g/mol. The zero-order valence-corrected chi connectivity index (χ0v) is 15.0. The number of nitrogens with one attached hydrogen (secondary N) is 2. The molecule has 1 unspecified atom stereocenters. The minimum atomic E-state index is 0.140. The van der Waals surface area contributed by atoms with Gasteiger partial charge in [0.1, 0.15) is 0 Å². The highest BCUT2D eigenvalue weighted by Crippen LogP contribution is 2.21. The summed E-state index contributed by atoms with van der Waals surface area (Å²) in [6.45, 7) is 6.29. The fourth-order valence-electron chi connectivity index (χ4n) is 4.01. The van der Waals surface area contributed by atoms with Crippen LogP contribution in [-0.4, -0.2) is 38.1 Å². The zero-order valence-electron chi connectivity index (χ0n) is 15.0. The summed E-state index contributed by atoms with van der Waals surface area (Å²) in [5.41, 5.74) is 2.20. The molecule has 0 saturated carbocycles. The molecule has 0 bridgehead atoms. The molecule has 0 radical (unpaired) electrons. The molecule has 132 valence electrons. The Morgan fingerprint density at radius 3 is 2.46 bits per heavy atom. The Hall–Kier alpha value is -1.55. The molecule has 2 atom stereocenters. The maximum Gasteiger partial charge on any atom is 0.279 e. The first-order valence-electron chi connectivity index (χ1n) is 9.72. The molecule has 3 rings (SSSR count). The Morgan fingerprint density at radius 1 is 1.08 bits per heavy atom. The number of amides is 1. The standard InChI is InChI=1S/C20H31N3O/c1-17-8-4-7-15-23(17)16-20(24)21-18-9-11-19(12-10-18)22-13-5-2-3-6-14-22/h9-12,17H,2-8,13-16H2,1H3,(H,21,24)/p+1/t17-/m1/s1. The average molecular weight is 330 g/mol. The highest BCUT2D eigenvalue weighted by Gasteiger charge is 2.24. The lowest BCUT2D eigenvalue weighted by molar-refractivity contribution is -0.920. The lowest BCUT2D eigenvalue weighted by Crippen LogP contribution is -3.17. The molecule has 0 aliphatic carbocycles. The van der Waals surface area contributed by atoms with Gasteiger partial charge in [-0.2, -0.15) is 0 Å². The van der Waals surface area contributed by atoms with Crippen LogP contribution in [0.4, 0.5) is 11.4 Å². The van der Waals surface area contributed by atoms with E-state index in [1.54, 1.807) is 0 Å². The summed E-state index contributed by atoms with van der Waals surface area (Å²) in [5.74, 6) is 0.140. The topological polar surface area (TPSA) is 36.8 Å². The molecule has 2 aliphatic heterocycles. The van der Waals surface area contributed by atoms with Crippen molar-refractivity contribution in [2.45, 2.75) is 57.9 Å². The van der Waals surface area contributed by atoms with Gasteiger partial charge in [0.25, 0.3) is 5.91 Å². The van der Waals surface area contributed by atoms with Gasteiger partial charge in [-0.15, -0.1) is 0 Å². The number of likely N-dealkylation sites (tertiary alicyclic amines) is 1. The third-order valence-corrected chi connectivity index (χ3v) is 5.59. The molecule has 1 aromatic carbocycles. The lowest BCUT2D eigenvalue weighted by Gasteiger charge is -2.29. The van der Waals surface area contributed by atoms with Crippen LogP contribution in [-0.2, 0) is 4.79 Å². The molecule has 2 aliphatic rings. The van der Waals surface area contributed by atoms with Crippen molar-refractivity contribution in [3.8, 4) is 0 Å². The van der Waals surface area contributed by atoms with E-state index in [4.69, 9.17) is 0 Å². The summed E-state index contributed by atoms with van der Waals surface area (Å²) in [4.78, 5) is 16.2. The molecule has 2 fully saturated rings. The van der Waals surface area contributed by atoms with E-state index in [-0.39, 0.29) is 5.91 Å². The molecule has 0 aromatic heterocycles. The van der Waals surface area contributed by atoms with Gasteiger partial charge in [0.15, 0.2) is 6.54 Å². The summed E-state index contributed by atoms with van der Waals surface area (Å²) in [6.07, 6.45) is 9.07. The van der Waals surface area contributed by atoms with E-state index in [1.165, 1.54) is 55.5 Å². The third kappa shape index (κ3) is 4.73. The fraction of sp³-hybridized carbons (Fsp3) is 0.650. The highest BCUT2D eigenvalue weighted by atomic mass is 16.2. The van der Waals surface area contributed by atoms with Crippen molar-refractivity contribution >= 4 is 17.3 Å². The Morgan fingerprint density at radius 2 is 1.79 bits per heavy atom. The highest BCUT2D eigenvalue weighted by molar-refractivity contribution is 5.91. The Labute approximate surface area is 146 Å². The van der Waals surface area contributed by atoms with Crippen molar-refractivity contribution < 1.29 is 9.69 Å². The summed E-state index contributed by atoms with van der Waals surface area (Å²) in [5, 5.41) is 3.07. The summed E-state index contributed by atoms with van der Waals surface area (Å²) in [7, 11) is 0. The molecule has 2 heterocycles. The molecule has 1 aromatic rings. The van der Waals surface area contributed by atoms with Crippen molar-refractivity contribution in [1.29, 1.82) is 0 Å². The second kappa shape index (κ2) is 8.52. The average Bonchev–Trinajstić information content (AvgIpc) is 2.87. The third-order valence-electron chi connectivity index (χ3n) is 5.59. The maximum absolute atomic E-state index is 12.3. The van der Waals surface area contributed by atoms with Crippen LogP contribution in [0.25, 0.3) is 0 Å². The molecule has 0 spiro atoms. The van der Waals surface area contributed by atoms with Gasteiger partial charge >= 0.3 is 0 Å². The molecule has 1 amide bonds. The van der Waals surface area contributed by atoms with Crippen LogP contribution in [0.1, 0.15) is 51.9 Å². The Kier molecular flexibility index (Phi) is 6.13. The number of nitrogens with zero attached hydrogens (tertiary/aromatic N) is 1. The van der Waals surface area contributed by atoms with E-state index in [0.29, 0.717) is 12.6 Å². The van der Waals surface area contributed by atoms with Crippen LogP contribution < -0.4 is 15.1 Å². The smallest absolute Gasteiger partial charge is 0.279 e. The number of quaternary nitrogens is 1. The number of hydrogen-bond donors (Lipinski definition) is 2. The van der Waals surface area contributed by atoms with E-state index in [1.807, 2.05) is 12.1 Å². The van der Waals surface area contributed by atoms with Gasteiger partial charge in [-0.3, -0.25) is 4.79 Å². The first-order chi connectivity index (χ1) is 11.7. The number of benzene rings is 1. The van der Waals surface area contributed by atoms with Gasteiger partial charge in [0.05, 0.1) is 12.6 Å². The number of piperidine rings is 1. The van der Waals surface area contributed by atoms with Crippen molar-refractivity contribution in [2.24, 2.45) is 0 Å². The molecule has 4 nitrogen and oxygen atoms in total. The molecule has 4 heteroatoms. The van der Waals surface area contributed by atoms with E-state index in [2.05, 4.69) is 29.3 Å². The minimum Gasteiger partial charge on any atom is -0.372 e. The van der Waals surface area contributed by atoms with Crippen molar-refractivity contribution in [3.05, 3.63) is 24.3 Å². The van der Waals surface area contributed by atoms with Crippen molar-refractivity contribution in [2.75, 3.05) is 36.4 Å². The first-order valence-corrected chi connectivity index (χ1v) is 9.72. The Bertz CT molecular complexity index is 520. The molecule has 2 saturated heterocycles. The molecule has 24 heavy (non-hydrogen) atoms. The minimum absolute atomic E-state index is 0.140. The van der Waals surface area contributed by atoms with Gasteiger partial charge in [-0.25, -0.2) is 0 Å². The van der Waals surface area contributed by atoms with Gasteiger partial charge < -0.3 is 15.1 Å². The van der Waals surface area contributed by atoms with Crippen LogP contribution in [0.2, 0.25) is 0 Å². The van der Waals surface area contributed by atoms with Crippen LogP contribution in [0.5, 0.6) is 0 Å². The second-order valence-electron chi connectivity index (χ2n) is 7.48. The summed E-state index contributed by atoms with van der Waals surface area (Å²) >= 11 is 0. The van der Waals surface area contributed by atoms with E-state index in [9.17, 15) is 4.79 Å². The Balaban J connectivity index is 1.52. The van der Waals surface area contributed by atoms with E-state index >= 15 is 0 Å². The van der Waals surface area contributed by atoms with Crippen LogP contribution in [0.3, 0.4) is 0 Å². The van der Waals surface area contributed by atoms with Gasteiger partial charge in [0.2, 0.25) is 0 Å². The van der Waals surface area contributed by atoms with Gasteiger partial charge in [-0.1, -0.05) is 12.8 Å². The quantitative estimate of drug-likeness (QED) is 0.890. The lowest BCUT2D eigenvalue weighted by atomic mass is 10.0. The molecular formula is C20H32N3O+. The number of anilines is 2. The first kappa shape index (κ1) is 17.3. The van der Waals surface area contributed by atoms with Crippen LogP contribution >= 0.6 is 0 Å². The van der Waals surface area contributed by atoms with Crippen molar-refractivity contribution in [1.82, 2.24) is 0 Å². The number of carbonyl (C=O) groups excluding carboxylic acids is 1. The van der Waals surface area contributed by atoms with Crippen LogP contribution in [0, 0.1) is 0 Å². The number of rotatable bonds is 4. The van der Waals surface area contributed by atoms with Gasteiger partial charge in [-0.05, 0) is 63.3 Å². The fourth-order valence-corrected chi connectivity index (χ4v) is 4.01.